The van der Waals surface area contributed by atoms with E-state index in [1.165, 1.54) is 16.7 Å². The molecule has 0 aliphatic carbocycles. The van der Waals surface area contributed by atoms with Crippen LogP contribution in [0.25, 0.3) is 0 Å². The Morgan fingerprint density at radius 3 is 2.26 bits per heavy atom. The lowest BCUT2D eigenvalue weighted by molar-refractivity contribution is -0.122. The number of rotatable bonds is 5. The molecule has 19 heavy (non-hydrogen) atoms. The molecule has 1 rings (SSSR count). The van der Waals surface area contributed by atoms with Crippen molar-refractivity contribution >= 4 is 5.91 Å². The molecule has 3 nitrogen and oxygen atoms in total. The maximum absolute atomic E-state index is 11.7. The summed E-state index contributed by atoms with van der Waals surface area (Å²) in [6.45, 7) is 11.8. The zero-order chi connectivity index (χ0) is 14.5. The Morgan fingerprint density at radius 2 is 1.74 bits per heavy atom. The first-order chi connectivity index (χ1) is 8.79. The molecule has 0 atom stereocenters. The van der Waals surface area contributed by atoms with Crippen LogP contribution in [0, 0.1) is 13.8 Å². The van der Waals surface area contributed by atoms with Gasteiger partial charge in [0, 0.05) is 25.0 Å². The van der Waals surface area contributed by atoms with Crippen molar-refractivity contribution in [3.8, 4) is 0 Å². The summed E-state index contributed by atoms with van der Waals surface area (Å²) in [5, 5.41) is 6.30. The van der Waals surface area contributed by atoms with E-state index in [2.05, 4.69) is 42.7 Å². The fraction of sp³-hybridized carbons (Fsp3) is 0.562. The molecular weight excluding hydrogens is 236 g/mol. The van der Waals surface area contributed by atoms with E-state index in [1.54, 1.807) is 0 Å². The van der Waals surface area contributed by atoms with Crippen LogP contribution in [0.5, 0.6) is 0 Å². The van der Waals surface area contributed by atoms with Gasteiger partial charge in [0.1, 0.15) is 0 Å². The van der Waals surface area contributed by atoms with Crippen LogP contribution in [-0.2, 0) is 11.3 Å². The normalized spacial score (nSPS) is 11.4. The van der Waals surface area contributed by atoms with Crippen LogP contribution in [0.4, 0.5) is 0 Å². The molecule has 3 heteroatoms. The third kappa shape index (κ3) is 5.88. The Morgan fingerprint density at radius 1 is 1.16 bits per heavy atom. The smallest absolute Gasteiger partial charge is 0.221 e. The van der Waals surface area contributed by atoms with Gasteiger partial charge in [-0.2, -0.15) is 0 Å². The van der Waals surface area contributed by atoms with Crippen molar-refractivity contribution in [3.05, 3.63) is 34.9 Å². The van der Waals surface area contributed by atoms with Gasteiger partial charge in [0.15, 0.2) is 0 Å². The van der Waals surface area contributed by atoms with Gasteiger partial charge < -0.3 is 10.6 Å². The van der Waals surface area contributed by atoms with Gasteiger partial charge in [-0.05, 0) is 51.3 Å². The molecule has 1 aromatic rings. The highest BCUT2D eigenvalue weighted by molar-refractivity contribution is 5.76. The van der Waals surface area contributed by atoms with E-state index in [0.29, 0.717) is 13.0 Å². The monoisotopic (exact) mass is 262 g/mol. The standard InChI is InChI=1S/C16H26N2O/c1-12-7-6-8-13(2)14(12)11-17-10-9-15(19)18-16(3,4)5/h6-8,17H,9-11H2,1-5H3,(H,18,19). The maximum Gasteiger partial charge on any atom is 0.221 e. The van der Waals surface area contributed by atoms with Gasteiger partial charge in [-0.15, -0.1) is 0 Å². The largest absolute Gasteiger partial charge is 0.351 e. The summed E-state index contributed by atoms with van der Waals surface area (Å²) in [7, 11) is 0. The predicted octanol–water partition coefficient (Wildman–Crippen LogP) is 2.70. The topological polar surface area (TPSA) is 41.1 Å². The van der Waals surface area contributed by atoms with Crippen molar-refractivity contribution in [1.29, 1.82) is 0 Å². The van der Waals surface area contributed by atoms with Crippen molar-refractivity contribution in [3.63, 3.8) is 0 Å². The molecule has 0 unspecified atom stereocenters. The van der Waals surface area contributed by atoms with E-state index in [1.807, 2.05) is 20.8 Å². The Hall–Kier alpha value is -1.35. The van der Waals surface area contributed by atoms with Crippen molar-refractivity contribution in [2.75, 3.05) is 6.54 Å². The summed E-state index contributed by atoms with van der Waals surface area (Å²) in [5.41, 5.74) is 3.78. The molecule has 1 aromatic carbocycles. The second kappa shape index (κ2) is 6.71. The molecule has 1 amide bonds. The van der Waals surface area contributed by atoms with E-state index < -0.39 is 0 Å². The summed E-state index contributed by atoms with van der Waals surface area (Å²) in [5.74, 6) is 0.0986. The SMILES string of the molecule is Cc1cccc(C)c1CNCCC(=O)NC(C)(C)C. The number of carbonyl (C=O) groups excluding carboxylic acids is 1. The molecule has 0 spiro atoms. The molecule has 0 saturated carbocycles. The summed E-state index contributed by atoms with van der Waals surface area (Å²) >= 11 is 0. The first-order valence-electron chi connectivity index (χ1n) is 6.86. The molecule has 0 aromatic heterocycles. The van der Waals surface area contributed by atoms with Crippen molar-refractivity contribution in [2.45, 2.75) is 53.1 Å². The minimum atomic E-state index is -0.149. The number of nitrogens with one attached hydrogen (secondary N) is 2. The maximum atomic E-state index is 11.7. The van der Waals surface area contributed by atoms with E-state index in [-0.39, 0.29) is 11.4 Å². The summed E-state index contributed by atoms with van der Waals surface area (Å²) < 4.78 is 0. The fourth-order valence-corrected chi connectivity index (χ4v) is 2.02. The van der Waals surface area contributed by atoms with Crippen molar-refractivity contribution < 1.29 is 4.79 Å². The minimum Gasteiger partial charge on any atom is -0.351 e. The number of hydrogen-bond donors (Lipinski definition) is 2. The summed E-state index contributed by atoms with van der Waals surface area (Å²) in [4.78, 5) is 11.7. The van der Waals surface area contributed by atoms with Gasteiger partial charge in [0.05, 0.1) is 0 Å². The average Bonchev–Trinajstić information content (AvgIpc) is 2.25. The molecule has 0 aliphatic rings. The number of benzene rings is 1. The second-order valence-electron chi connectivity index (χ2n) is 6.10. The average molecular weight is 262 g/mol. The Bertz CT molecular complexity index is 413. The van der Waals surface area contributed by atoms with Gasteiger partial charge in [-0.25, -0.2) is 0 Å². The predicted molar refractivity (Wildman–Crippen MR) is 80.1 cm³/mol. The van der Waals surface area contributed by atoms with Gasteiger partial charge in [-0.3, -0.25) is 4.79 Å². The van der Waals surface area contributed by atoms with Crippen LogP contribution in [0.1, 0.15) is 43.9 Å². The molecule has 2 N–H and O–H groups in total. The highest BCUT2D eigenvalue weighted by atomic mass is 16.1. The van der Waals surface area contributed by atoms with E-state index in [0.717, 1.165) is 6.54 Å². The minimum absolute atomic E-state index is 0.0986. The van der Waals surface area contributed by atoms with Crippen molar-refractivity contribution in [1.82, 2.24) is 10.6 Å². The molecule has 0 bridgehead atoms. The Balaban J connectivity index is 2.34. The van der Waals surface area contributed by atoms with Crippen LogP contribution in [-0.4, -0.2) is 18.0 Å². The van der Waals surface area contributed by atoms with E-state index in [9.17, 15) is 4.79 Å². The first-order valence-corrected chi connectivity index (χ1v) is 6.86. The fourth-order valence-electron chi connectivity index (χ4n) is 2.02. The lowest BCUT2D eigenvalue weighted by Crippen LogP contribution is -2.41. The highest BCUT2D eigenvalue weighted by Crippen LogP contribution is 2.12. The van der Waals surface area contributed by atoms with E-state index >= 15 is 0 Å². The number of hydrogen-bond acceptors (Lipinski definition) is 2. The van der Waals surface area contributed by atoms with Crippen LogP contribution < -0.4 is 10.6 Å². The molecule has 0 aliphatic heterocycles. The zero-order valence-corrected chi connectivity index (χ0v) is 12.8. The lowest BCUT2D eigenvalue weighted by Gasteiger charge is -2.20. The molecule has 0 heterocycles. The number of aryl methyl sites for hydroxylation is 2. The zero-order valence-electron chi connectivity index (χ0n) is 12.8. The number of amides is 1. The van der Waals surface area contributed by atoms with Crippen LogP contribution in [0.2, 0.25) is 0 Å². The summed E-state index contributed by atoms with van der Waals surface area (Å²) in [6.07, 6.45) is 0.516. The van der Waals surface area contributed by atoms with Gasteiger partial charge >= 0.3 is 0 Å². The molecule has 0 fully saturated rings. The van der Waals surface area contributed by atoms with Gasteiger partial charge in [-0.1, -0.05) is 18.2 Å². The third-order valence-electron chi connectivity index (χ3n) is 2.99. The van der Waals surface area contributed by atoms with Crippen molar-refractivity contribution in [2.24, 2.45) is 0 Å². The summed E-state index contributed by atoms with van der Waals surface area (Å²) in [6, 6.07) is 6.32. The molecular formula is C16H26N2O. The van der Waals surface area contributed by atoms with E-state index in [4.69, 9.17) is 0 Å². The van der Waals surface area contributed by atoms with Crippen LogP contribution >= 0.6 is 0 Å². The first kappa shape index (κ1) is 15.7. The van der Waals surface area contributed by atoms with Crippen LogP contribution in [0.3, 0.4) is 0 Å². The second-order valence-corrected chi connectivity index (χ2v) is 6.10. The highest BCUT2D eigenvalue weighted by Gasteiger charge is 2.12. The Labute approximate surface area is 116 Å². The van der Waals surface area contributed by atoms with Gasteiger partial charge in [0.2, 0.25) is 5.91 Å². The third-order valence-corrected chi connectivity index (χ3v) is 2.99. The van der Waals surface area contributed by atoms with Gasteiger partial charge in [0.25, 0.3) is 0 Å². The quantitative estimate of drug-likeness (QED) is 0.801. The lowest BCUT2D eigenvalue weighted by atomic mass is 10.0. The molecule has 106 valence electrons. The Kier molecular flexibility index (Phi) is 5.55. The molecule has 0 radical (unpaired) electrons. The molecule has 0 saturated heterocycles. The number of carbonyl (C=O) groups is 1. The van der Waals surface area contributed by atoms with Crippen LogP contribution in [0.15, 0.2) is 18.2 Å².